The Morgan fingerprint density at radius 2 is 1.89 bits per heavy atom. The number of amides is 2. The molecule has 5 nitrogen and oxygen atoms in total. The molecule has 1 aliphatic heterocycles. The third-order valence-corrected chi connectivity index (χ3v) is 2.94. The minimum Gasteiger partial charge on any atom is -0.343 e. The molecule has 0 atom stereocenters. The Morgan fingerprint density at radius 3 is 2.44 bits per heavy atom. The Balaban J connectivity index is 2.17. The Labute approximate surface area is 106 Å². The SMILES string of the molecule is CC1CN(C(=O)c2cccc(C(=O)N(C)C)n2)C1. The smallest absolute Gasteiger partial charge is 0.272 e. The van der Waals surface area contributed by atoms with Crippen molar-refractivity contribution in [2.45, 2.75) is 6.92 Å². The van der Waals surface area contributed by atoms with Crippen LogP contribution in [-0.4, -0.2) is 53.8 Å². The molecule has 1 aromatic rings. The van der Waals surface area contributed by atoms with Crippen LogP contribution in [0.25, 0.3) is 0 Å². The molecule has 5 heteroatoms. The average Bonchev–Trinajstić information content (AvgIpc) is 2.33. The van der Waals surface area contributed by atoms with Crippen LogP contribution in [0, 0.1) is 5.92 Å². The number of hydrogen-bond acceptors (Lipinski definition) is 3. The van der Waals surface area contributed by atoms with E-state index < -0.39 is 0 Å². The lowest BCUT2D eigenvalue weighted by atomic mass is 10.0. The zero-order valence-corrected chi connectivity index (χ0v) is 10.9. The number of carbonyl (C=O) groups excluding carboxylic acids is 2. The van der Waals surface area contributed by atoms with E-state index in [0.717, 1.165) is 13.1 Å². The van der Waals surface area contributed by atoms with Gasteiger partial charge in [-0.15, -0.1) is 0 Å². The van der Waals surface area contributed by atoms with E-state index in [0.29, 0.717) is 17.3 Å². The van der Waals surface area contributed by atoms with E-state index >= 15 is 0 Å². The normalized spacial score (nSPS) is 15.2. The van der Waals surface area contributed by atoms with Crippen molar-refractivity contribution in [3.8, 4) is 0 Å². The number of carbonyl (C=O) groups is 2. The molecule has 2 rings (SSSR count). The summed E-state index contributed by atoms with van der Waals surface area (Å²) in [6.45, 7) is 3.64. The molecule has 18 heavy (non-hydrogen) atoms. The molecule has 0 aromatic carbocycles. The number of hydrogen-bond donors (Lipinski definition) is 0. The van der Waals surface area contributed by atoms with Crippen molar-refractivity contribution in [1.82, 2.24) is 14.8 Å². The zero-order valence-electron chi connectivity index (χ0n) is 10.9. The van der Waals surface area contributed by atoms with E-state index in [1.165, 1.54) is 4.90 Å². The molecule has 1 saturated heterocycles. The molecule has 0 aliphatic carbocycles. The fourth-order valence-electron chi connectivity index (χ4n) is 1.93. The van der Waals surface area contributed by atoms with E-state index in [2.05, 4.69) is 11.9 Å². The second-order valence-electron chi connectivity index (χ2n) is 4.92. The maximum absolute atomic E-state index is 12.1. The number of nitrogens with zero attached hydrogens (tertiary/aromatic N) is 3. The largest absolute Gasteiger partial charge is 0.343 e. The molecule has 0 N–H and O–H groups in total. The number of likely N-dealkylation sites (tertiary alicyclic amines) is 1. The van der Waals surface area contributed by atoms with Gasteiger partial charge in [-0.3, -0.25) is 9.59 Å². The molecular formula is C13H17N3O2. The highest BCUT2D eigenvalue weighted by atomic mass is 16.2. The van der Waals surface area contributed by atoms with Gasteiger partial charge in [-0.1, -0.05) is 13.0 Å². The highest BCUT2D eigenvalue weighted by Crippen LogP contribution is 2.17. The summed E-state index contributed by atoms with van der Waals surface area (Å²) in [6.07, 6.45) is 0. The number of rotatable bonds is 2. The molecule has 1 aliphatic rings. The highest BCUT2D eigenvalue weighted by molar-refractivity contribution is 5.96. The van der Waals surface area contributed by atoms with Crippen LogP contribution in [0.15, 0.2) is 18.2 Å². The summed E-state index contributed by atoms with van der Waals surface area (Å²) in [5.74, 6) is 0.267. The van der Waals surface area contributed by atoms with Gasteiger partial charge in [-0.25, -0.2) is 4.98 Å². The Bertz CT molecular complexity index is 479. The van der Waals surface area contributed by atoms with Gasteiger partial charge in [-0.2, -0.15) is 0 Å². The van der Waals surface area contributed by atoms with Crippen LogP contribution < -0.4 is 0 Å². The summed E-state index contributed by atoms with van der Waals surface area (Å²) in [7, 11) is 3.32. The van der Waals surface area contributed by atoms with Crippen LogP contribution in [-0.2, 0) is 0 Å². The van der Waals surface area contributed by atoms with E-state index in [9.17, 15) is 9.59 Å². The Hall–Kier alpha value is -1.91. The van der Waals surface area contributed by atoms with E-state index in [4.69, 9.17) is 0 Å². The minimum absolute atomic E-state index is 0.0958. The van der Waals surface area contributed by atoms with Crippen LogP contribution in [0.1, 0.15) is 27.9 Å². The van der Waals surface area contributed by atoms with Gasteiger partial charge in [0.1, 0.15) is 11.4 Å². The van der Waals surface area contributed by atoms with Crippen molar-refractivity contribution in [3.05, 3.63) is 29.6 Å². The van der Waals surface area contributed by atoms with Gasteiger partial charge >= 0.3 is 0 Å². The van der Waals surface area contributed by atoms with Gasteiger partial charge in [-0.05, 0) is 18.1 Å². The minimum atomic E-state index is -0.193. The van der Waals surface area contributed by atoms with Gasteiger partial charge < -0.3 is 9.80 Å². The van der Waals surface area contributed by atoms with Gasteiger partial charge in [0.05, 0.1) is 0 Å². The molecule has 1 aromatic heterocycles. The second-order valence-corrected chi connectivity index (χ2v) is 4.92. The van der Waals surface area contributed by atoms with Gasteiger partial charge in [0, 0.05) is 27.2 Å². The molecule has 2 amide bonds. The quantitative estimate of drug-likeness (QED) is 0.779. The van der Waals surface area contributed by atoms with Crippen LogP contribution in [0.4, 0.5) is 0 Å². The predicted octanol–water partition coefficient (Wildman–Crippen LogP) is 0.875. The van der Waals surface area contributed by atoms with Crippen LogP contribution in [0.3, 0.4) is 0 Å². The number of pyridine rings is 1. The van der Waals surface area contributed by atoms with E-state index in [1.807, 2.05) is 0 Å². The molecule has 0 saturated carbocycles. The van der Waals surface area contributed by atoms with Crippen LogP contribution in [0.5, 0.6) is 0 Å². The predicted molar refractivity (Wildman–Crippen MR) is 67.3 cm³/mol. The first-order chi connectivity index (χ1) is 8.49. The Kier molecular flexibility index (Phi) is 3.32. The number of aromatic nitrogens is 1. The molecule has 1 fully saturated rings. The third-order valence-electron chi connectivity index (χ3n) is 2.94. The molecular weight excluding hydrogens is 230 g/mol. The first kappa shape index (κ1) is 12.5. The fourth-order valence-corrected chi connectivity index (χ4v) is 1.93. The highest BCUT2D eigenvalue weighted by Gasteiger charge is 2.28. The van der Waals surface area contributed by atoms with Crippen molar-refractivity contribution in [1.29, 1.82) is 0 Å². The molecule has 0 radical (unpaired) electrons. The van der Waals surface area contributed by atoms with Crippen molar-refractivity contribution >= 4 is 11.8 Å². The van der Waals surface area contributed by atoms with E-state index in [-0.39, 0.29) is 11.8 Å². The maximum Gasteiger partial charge on any atom is 0.272 e. The van der Waals surface area contributed by atoms with Crippen LogP contribution >= 0.6 is 0 Å². The maximum atomic E-state index is 12.1. The molecule has 96 valence electrons. The van der Waals surface area contributed by atoms with E-state index in [1.54, 1.807) is 37.2 Å². The lowest BCUT2D eigenvalue weighted by molar-refractivity contribution is 0.0524. The summed E-state index contributed by atoms with van der Waals surface area (Å²) in [5.41, 5.74) is 0.647. The van der Waals surface area contributed by atoms with Crippen LogP contribution in [0.2, 0.25) is 0 Å². The monoisotopic (exact) mass is 247 g/mol. The third kappa shape index (κ3) is 2.34. The lowest BCUT2D eigenvalue weighted by Gasteiger charge is -2.36. The van der Waals surface area contributed by atoms with Gasteiger partial charge in [0.25, 0.3) is 11.8 Å². The first-order valence-electron chi connectivity index (χ1n) is 5.97. The van der Waals surface area contributed by atoms with Gasteiger partial charge in [0.2, 0.25) is 0 Å². The molecule has 0 unspecified atom stereocenters. The van der Waals surface area contributed by atoms with Gasteiger partial charge in [0.15, 0.2) is 0 Å². The fraction of sp³-hybridized carbons (Fsp3) is 0.462. The first-order valence-corrected chi connectivity index (χ1v) is 5.97. The van der Waals surface area contributed by atoms with Crippen molar-refractivity contribution < 1.29 is 9.59 Å². The van der Waals surface area contributed by atoms with Crippen molar-refractivity contribution in [3.63, 3.8) is 0 Å². The second kappa shape index (κ2) is 4.76. The molecule has 0 spiro atoms. The summed E-state index contributed by atoms with van der Waals surface area (Å²) < 4.78 is 0. The summed E-state index contributed by atoms with van der Waals surface area (Å²) in [4.78, 5) is 31.2. The molecule has 2 heterocycles. The average molecular weight is 247 g/mol. The topological polar surface area (TPSA) is 53.5 Å². The lowest BCUT2D eigenvalue weighted by Crippen LogP contribution is -2.48. The summed E-state index contributed by atoms with van der Waals surface area (Å²) >= 11 is 0. The van der Waals surface area contributed by atoms with Crippen molar-refractivity contribution in [2.24, 2.45) is 5.92 Å². The van der Waals surface area contributed by atoms with Crippen molar-refractivity contribution in [2.75, 3.05) is 27.2 Å². The summed E-state index contributed by atoms with van der Waals surface area (Å²) in [6, 6.07) is 4.97. The zero-order chi connectivity index (χ0) is 13.3. The summed E-state index contributed by atoms with van der Waals surface area (Å²) in [5, 5.41) is 0. The Morgan fingerprint density at radius 1 is 1.28 bits per heavy atom. The standard InChI is InChI=1S/C13H17N3O2/c1-9-7-16(8-9)13(18)11-6-4-5-10(14-11)12(17)15(2)3/h4-6,9H,7-8H2,1-3H3. The molecule has 0 bridgehead atoms.